The van der Waals surface area contributed by atoms with Gasteiger partial charge in [0, 0.05) is 0 Å². The Morgan fingerprint density at radius 3 is 1.03 bits per heavy atom. The molecular formula is C66H42F2. The minimum absolute atomic E-state index is 0.300. The van der Waals surface area contributed by atoms with E-state index < -0.39 is 0 Å². The van der Waals surface area contributed by atoms with Gasteiger partial charge in [0.1, 0.15) is 11.6 Å². The zero-order valence-electron chi connectivity index (χ0n) is 37.0. The molecule has 2 heteroatoms. The molecule has 0 nitrogen and oxygen atoms in total. The highest BCUT2D eigenvalue weighted by atomic mass is 19.1. The van der Waals surface area contributed by atoms with Gasteiger partial charge in [0.25, 0.3) is 0 Å². The van der Waals surface area contributed by atoms with E-state index in [9.17, 15) is 0 Å². The first-order valence-electron chi connectivity index (χ1n) is 23.0. The summed E-state index contributed by atoms with van der Waals surface area (Å²) in [5.74, 6) is -0.601. The van der Waals surface area contributed by atoms with Crippen LogP contribution in [0.25, 0.3) is 121 Å². The Morgan fingerprint density at radius 2 is 0.544 bits per heavy atom. The van der Waals surface area contributed by atoms with Crippen molar-refractivity contribution in [2.75, 3.05) is 0 Å². The molecule has 0 N–H and O–H groups in total. The fourth-order valence-corrected chi connectivity index (χ4v) is 10.1. The van der Waals surface area contributed by atoms with Crippen molar-refractivity contribution in [1.82, 2.24) is 0 Å². The van der Waals surface area contributed by atoms with E-state index in [1.165, 1.54) is 0 Å². The molecule has 320 valence electrons. The Balaban J connectivity index is 1.29. The third-order valence-electron chi connectivity index (χ3n) is 13.4. The van der Waals surface area contributed by atoms with Gasteiger partial charge in [0.2, 0.25) is 0 Å². The third kappa shape index (κ3) is 7.43. The molecule has 0 unspecified atom stereocenters. The van der Waals surface area contributed by atoms with E-state index in [2.05, 4.69) is 182 Å². The summed E-state index contributed by atoms with van der Waals surface area (Å²) in [6.07, 6.45) is 0. The lowest BCUT2D eigenvalue weighted by Crippen LogP contribution is -1.98. The molecule has 0 heterocycles. The zero-order chi connectivity index (χ0) is 45.6. The third-order valence-corrected chi connectivity index (χ3v) is 13.4. The van der Waals surface area contributed by atoms with Gasteiger partial charge in [-0.05, 0) is 170 Å². The first-order chi connectivity index (χ1) is 33.5. The molecule has 0 aliphatic carbocycles. The summed E-state index contributed by atoms with van der Waals surface area (Å²) in [6, 6.07) is 87.2. The van der Waals surface area contributed by atoms with E-state index in [4.69, 9.17) is 0 Å². The Morgan fingerprint density at radius 1 is 0.206 bits per heavy atom. The van der Waals surface area contributed by atoms with Gasteiger partial charge in [-0.3, -0.25) is 0 Å². The van der Waals surface area contributed by atoms with Crippen LogP contribution in [0.5, 0.6) is 0 Å². The molecule has 0 saturated carbocycles. The molecule has 12 aromatic carbocycles. The number of benzene rings is 12. The SMILES string of the molecule is Fc1ccc(-c2c3cc4cc(-c5ccccc5)ccc4c(-c4ccc(-c5ccccc5)cc4)c3c(-c3ccc(F)cc3)c3cc(-c4ccccc4)cc(-c4ccc(-c5ccccc5)cc4)c23)cc1. The van der Waals surface area contributed by atoms with E-state index in [-0.39, 0.29) is 11.6 Å². The molecule has 68 heavy (non-hydrogen) atoms. The molecule has 0 atom stereocenters. The molecule has 0 radical (unpaired) electrons. The van der Waals surface area contributed by atoms with E-state index in [0.29, 0.717) is 0 Å². The average Bonchev–Trinajstić information content (AvgIpc) is 3.41. The second-order valence-electron chi connectivity index (χ2n) is 17.4. The van der Waals surface area contributed by atoms with Crippen molar-refractivity contribution in [2.45, 2.75) is 0 Å². The Bertz CT molecular complexity index is 3770. The summed E-state index contributed by atoms with van der Waals surface area (Å²) in [7, 11) is 0. The van der Waals surface area contributed by atoms with Gasteiger partial charge in [0.15, 0.2) is 0 Å². The molecule has 0 spiro atoms. The average molecular weight is 873 g/mol. The second kappa shape index (κ2) is 17.3. The number of hydrogen-bond acceptors (Lipinski definition) is 0. The largest absolute Gasteiger partial charge is 0.207 e. The van der Waals surface area contributed by atoms with Crippen molar-refractivity contribution in [3.05, 3.63) is 266 Å². The van der Waals surface area contributed by atoms with Gasteiger partial charge in [-0.25, -0.2) is 8.78 Å². The van der Waals surface area contributed by atoms with Crippen molar-refractivity contribution in [2.24, 2.45) is 0 Å². The van der Waals surface area contributed by atoms with Crippen molar-refractivity contribution in [3.8, 4) is 89.0 Å². The van der Waals surface area contributed by atoms with E-state index in [1.54, 1.807) is 24.3 Å². The van der Waals surface area contributed by atoms with Crippen LogP contribution in [0.15, 0.2) is 255 Å². The quantitative estimate of drug-likeness (QED) is 0.133. The number of rotatable bonds is 8. The first kappa shape index (κ1) is 40.8. The van der Waals surface area contributed by atoms with Crippen LogP contribution >= 0.6 is 0 Å². The standard InChI is InChI=1S/C66H42F2/c67-56-34-29-51(30-35-56)63-61-42-55-39-53(45-17-9-3-10-18-45)33-38-58(55)62(50-27-23-48(24-28-50)44-15-7-2-8-16-44)66(61)64(52-31-36-57(68)37-32-52)60-41-54(46-19-11-4-12-20-46)40-59(65(60)63)49-25-21-47(22-26-49)43-13-5-1-6-14-43/h1-42H. The molecule has 12 rings (SSSR count). The Kier molecular flexibility index (Phi) is 10.3. The van der Waals surface area contributed by atoms with Crippen LogP contribution in [0.2, 0.25) is 0 Å². The molecule has 0 amide bonds. The van der Waals surface area contributed by atoms with Crippen LogP contribution in [0.1, 0.15) is 0 Å². The van der Waals surface area contributed by atoms with Crippen molar-refractivity contribution >= 4 is 32.3 Å². The normalized spacial score (nSPS) is 11.4. The predicted molar refractivity (Wildman–Crippen MR) is 282 cm³/mol. The van der Waals surface area contributed by atoms with E-state index >= 15 is 8.78 Å². The predicted octanol–water partition coefficient (Wildman–Crippen LogP) is 18.8. The van der Waals surface area contributed by atoms with Crippen LogP contribution in [-0.2, 0) is 0 Å². The number of hydrogen-bond donors (Lipinski definition) is 0. The highest BCUT2D eigenvalue weighted by molar-refractivity contribution is 6.31. The maximum atomic E-state index is 15.2. The van der Waals surface area contributed by atoms with Gasteiger partial charge in [-0.1, -0.05) is 206 Å². The maximum Gasteiger partial charge on any atom is 0.123 e. The monoisotopic (exact) mass is 872 g/mol. The summed E-state index contributed by atoms with van der Waals surface area (Å²) >= 11 is 0. The topological polar surface area (TPSA) is 0 Å². The summed E-state index contributed by atoms with van der Waals surface area (Å²) in [4.78, 5) is 0. The lowest BCUT2D eigenvalue weighted by Gasteiger charge is -2.25. The maximum absolute atomic E-state index is 15.2. The van der Waals surface area contributed by atoms with Crippen LogP contribution in [-0.4, -0.2) is 0 Å². The minimum atomic E-state index is -0.301. The van der Waals surface area contributed by atoms with Gasteiger partial charge in [0.05, 0.1) is 0 Å². The van der Waals surface area contributed by atoms with E-state index in [0.717, 1.165) is 121 Å². The Labute approximate surface area is 394 Å². The highest BCUT2D eigenvalue weighted by Crippen LogP contribution is 2.53. The van der Waals surface area contributed by atoms with Gasteiger partial charge >= 0.3 is 0 Å². The molecule has 0 aliphatic rings. The Hall–Kier alpha value is -8.72. The highest BCUT2D eigenvalue weighted by Gasteiger charge is 2.25. The van der Waals surface area contributed by atoms with Gasteiger partial charge in [-0.15, -0.1) is 0 Å². The zero-order valence-corrected chi connectivity index (χ0v) is 37.0. The molecule has 0 bridgehead atoms. The molecular weight excluding hydrogens is 831 g/mol. The minimum Gasteiger partial charge on any atom is -0.207 e. The van der Waals surface area contributed by atoms with Crippen molar-refractivity contribution < 1.29 is 8.78 Å². The van der Waals surface area contributed by atoms with Crippen LogP contribution in [0, 0.1) is 11.6 Å². The van der Waals surface area contributed by atoms with Gasteiger partial charge in [-0.2, -0.15) is 0 Å². The first-order valence-corrected chi connectivity index (χ1v) is 23.0. The molecule has 12 aromatic rings. The number of fused-ring (bicyclic) bond motifs is 3. The summed E-state index contributed by atoms with van der Waals surface area (Å²) in [5.41, 5.74) is 16.9. The van der Waals surface area contributed by atoms with Crippen LogP contribution < -0.4 is 0 Å². The van der Waals surface area contributed by atoms with Gasteiger partial charge < -0.3 is 0 Å². The molecule has 0 fully saturated rings. The van der Waals surface area contributed by atoms with E-state index in [1.807, 2.05) is 48.5 Å². The van der Waals surface area contributed by atoms with Crippen LogP contribution in [0.4, 0.5) is 8.78 Å². The summed E-state index contributed by atoms with van der Waals surface area (Å²) in [5, 5.41) is 6.25. The fourth-order valence-electron chi connectivity index (χ4n) is 10.1. The fraction of sp³-hybridized carbons (Fsp3) is 0. The van der Waals surface area contributed by atoms with Crippen LogP contribution in [0.3, 0.4) is 0 Å². The van der Waals surface area contributed by atoms with Crippen molar-refractivity contribution in [1.29, 1.82) is 0 Å². The lowest BCUT2D eigenvalue weighted by molar-refractivity contribution is 0.627. The molecule has 0 aromatic heterocycles. The lowest BCUT2D eigenvalue weighted by atomic mass is 9.78. The smallest absolute Gasteiger partial charge is 0.123 e. The van der Waals surface area contributed by atoms with Crippen molar-refractivity contribution in [3.63, 3.8) is 0 Å². The molecule has 0 saturated heterocycles. The second-order valence-corrected chi connectivity index (χ2v) is 17.4. The number of halogens is 2. The summed E-state index contributed by atoms with van der Waals surface area (Å²) in [6.45, 7) is 0. The molecule has 0 aliphatic heterocycles. The summed E-state index contributed by atoms with van der Waals surface area (Å²) < 4.78 is 30.3.